The molecule has 1 aliphatic heterocycles. The fourth-order valence-electron chi connectivity index (χ4n) is 2.46. The number of aryl methyl sites for hydroxylation is 1. The Morgan fingerprint density at radius 2 is 1.89 bits per heavy atom. The topological polar surface area (TPSA) is 29.1 Å². The molecule has 0 bridgehead atoms. The SMILES string of the molecule is Cc1ccc(CC2C(=O)Nc3ccc(F)cc32)cc1. The van der Waals surface area contributed by atoms with E-state index in [0.717, 1.165) is 16.8 Å². The van der Waals surface area contributed by atoms with Crippen LogP contribution in [0, 0.1) is 12.7 Å². The molecule has 0 saturated carbocycles. The van der Waals surface area contributed by atoms with Crippen molar-refractivity contribution < 1.29 is 9.18 Å². The fourth-order valence-corrected chi connectivity index (χ4v) is 2.46. The highest BCUT2D eigenvalue weighted by Gasteiger charge is 2.30. The number of amides is 1. The maximum absolute atomic E-state index is 13.3. The van der Waals surface area contributed by atoms with Gasteiger partial charge in [0.1, 0.15) is 5.82 Å². The van der Waals surface area contributed by atoms with Crippen LogP contribution in [0.2, 0.25) is 0 Å². The summed E-state index contributed by atoms with van der Waals surface area (Å²) in [6.45, 7) is 2.02. The molecule has 2 aromatic carbocycles. The summed E-state index contributed by atoms with van der Waals surface area (Å²) in [6.07, 6.45) is 0.600. The Balaban J connectivity index is 1.91. The monoisotopic (exact) mass is 255 g/mol. The van der Waals surface area contributed by atoms with Crippen LogP contribution in [0.25, 0.3) is 0 Å². The first kappa shape index (κ1) is 11.9. The third-order valence-corrected chi connectivity index (χ3v) is 3.52. The van der Waals surface area contributed by atoms with Gasteiger partial charge in [0, 0.05) is 5.69 Å². The van der Waals surface area contributed by atoms with Gasteiger partial charge in [-0.25, -0.2) is 4.39 Å². The third kappa shape index (κ3) is 2.24. The Kier molecular flexibility index (Phi) is 2.82. The first-order valence-electron chi connectivity index (χ1n) is 6.29. The van der Waals surface area contributed by atoms with E-state index in [4.69, 9.17) is 0 Å². The van der Waals surface area contributed by atoms with E-state index in [1.165, 1.54) is 17.7 Å². The van der Waals surface area contributed by atoms with Gasteiger partial charge in [-0.2, -0.15) is 0 Å². The van der Waals surface area contributed by atoms with Gasteiger partial charge >= 0.3 is 0 Å². The number of benzene rings is 2. The van der Waals surface area contributed by atoms with Gasteiger partial charge in [0.05, 0.1) is 5.92 Å². The molecule has 19 heavy (non-hydrogen) atoms. The molecule has 0 fully saturated rings. The summed E-state index contributed by atoms with van der Waals surface area (Å²) in [5, 5.41) is 2.80. The Morgan fingerprint density at radius 1 is 1.16 bits per heavy atom. The van der Waals surface area contributed by atoms with Crippen molar-refractivity contribution in [2.45, 2.75) is 19.3 Å². The van der Waals surface area contributed by atoms with Crippen LogP contribution in [0.1, 0.15) is 22.6 Å². The summed E-state index contributed by atoms with van der Waals surface area (Å²) < 4.78 is 13.3. The fraction of sp³-hybridized carbons (Fsp3) is 0.188. The van der Waals surface area contributed by atoms with Crippen LogP contribution >= 0.6 is 0 Å². The van der Waals surface area contributed by atoms with Gasteiger partial charge in [-0.15, -0.1) is 0 Å². The van der Waals surface area contributed by atoms with Crippen LogP contribution in [0.4, 0.5) is 10.1 Å². The first-order valence-corrected chi connectivity index (χ1v) is 6.29. The molecule has 1 N–H and O–H groups in total. The molecule has 96 valence electrons. The number of halogens is 1. The second kappa shape index (κ2) is 4.50. The summed E-state index contributed by atoms with van der Waals surface area (Å²) in [6, 6.07) is 12.5. The second-order valence-electron chi connectivity index (χ2n) is 4.96. The van der Waals surface area contributed by atoms with Crippen LogP contribution in [0.5, 0.6) is 0 Å². The van der Waals surface area contributed by atoms with Crippen molar-refractivity contribution in [1.29, 1.82) is 0 Å². The number of hydrogen-bond acceptors (Lipinski definition) is 1. The standard InChI is InChI=1S/C16H14FNO/c1-10-2-4-11(5-3-10)8-14-13-9-12(17)6-7-15(13)18-16(14)19/h2-7,9,14H,8H2,1H3,(H,18,19). The molecule has 0 aromatic heterocycles. The minimum Gasteiger partial charge on any atom is -0.325 e. The van der Waals surface area contributed by atoms with Crippen molar-refractivity contribution >= 4 is 11.6 Å². The van der Waals surface area contributed by atoms with Gasteiger partial charge in [-0.3, -0.25) is 4.79 Å². The van der Waals surface area contributed by atoms with Crippen LogP contribution in [0.15, 0.2) is 42.5 Å². The van der Waals surface area contributed by atoms with E-state index in [0.29, 0.717) is 6.42 Å². The van der Waals surface area contributed by atoms with E-state index in [2.05, 4.69) is 5.32 Å². The largest absolute Gasteiger partial charge is 0.325 e. The zero-order chi connectivity index (χ0) is 13.4. The van der Waals surface area contributed by atoms with Crippen LogP contribution in [-0.2, 0) is 11.2 Å². The summed E-state index contributed by atoms with van der Waals surface area (Å²) >= 11 is 0. The molecule has 0 spiro atoms. The molecular weight excluding hydrogens is 241 g/mol. The van der Waals surface area contributed by atoms with Crippen LogP contribution < -0.4 is 5.32 Å². The Hall–Kier alpha value is -2.16. The predicted molar refractivity (Wildman–Crippen MR) is 72.7 cm³/mol. The third-order valence-electron chi connectivity index (χ3n) is 3.52. The molecule has 0 radical (unpaired) electrons. The number of fused-ring (bicyclic) bond motifs is 1. The number of rotatable bonds is 2. The molecule has 0 saturated heterocycles. The molecular formula is C16H14FNO. The molecule has 0 aliphatic carbocycles. The number of anilines is 1. The van der Waals surface area contributed by atoms with Crippen molar-refractivity contribution in [2.75, 3.05) is 5.32 Å². The Labute approximate surface area is 111 Å². The van der Waals surface area contributed by atoms with Crippen molar-refractivity contribution in [3.8, 4) is 0 Å². The quantitative estimate of drug-likeness (QED) is 0.875. The van der Waals surface area contributed by atoms with Crippen LogP contribution in [0.3, 0.4) is 0 Å². The van der Waals surface area contributed by atoms with E-state index < -0.39 is 0 Å². The highest BCUT2D eigenvalue weighted by molar-refractivity contribution is 6.03. The molecule has 1 unspecified atom stereocenters. The maximum atomic E-state index is 13.3. The van der Waals surface area contributed by atoms with Gasteiger partial charge in [-0.1, -0.05) is 29.8 Å². The predicted octanol–water partition coefficient (Wildman–Crippen LogP) is 3.41. The van der Waals surface area contributed by atoms with E-state index in [-0.39, 0.29) is 17.6 Å². The zero-order valence-electron chi connectivity index (χ0n) is 10.6. The first-order chi connectivity index (χ1) is 9.13. The lowest BCUT2D eigenvalue weighted by Gasteiger charge is -2.09. The van der Waals surface area contributed by atoms with Gasteiger partial charge < -0.3 is 5.32 Å². The van der Waals surface area contributed by atoms with Crippen molar-refractivity contribution in [3.63, 3.8) is 0 Å². The molecule has 1 atom stereocenters. The van der Waals surface area contributed by atoms with E-state index in [1.807, 2.05) is 31.2 Å². The smallest absolute Gasteiger partial charge is 0.232 e. The Bertz CT molecular complexity index is 634. The minimum atomic E-state index is -0.302. The van der Waals surface area contributed by atoms with Crippen LogP contribution in [-0.4, -0.2) is 5.91 Å². The number of nitrogens with one attached hydrogen (secondary N) is 1. The van der Waals surface area contributed by atoms with E-state index in [1.54, 1.807) is 6.07 Å². The summed E-state index contributed by atoms with van der Waals surface area (Å²) in [7, 11) is 0. The van der Waals surface area contributed by atoms with E-state index in [9.17, 15) is 9.18 Å². The second-order valence-corrected chi connectivity index (χ2v) is 4.96. The highest BCUT2D eigenvalue weighted by Crippen LogP contribution is 2.35. The lowest BCUT2D eigenvalue weighted by molar-refractivity contribution is -0.117. The van der Waals surface area contributed by atoms with E-state index >= 15 is 0 Å². The summed E-state index contributed by atoms with van der Waals surface area (Å²) in [5.74, 6) is -0.654. The molecule has 2 nitrogen and oxygen atoms in total. The summed E-state index contributed by atoms with van der Waals surface area (Å²) in [4.78, 5) is 12.0. The number of carbonyl (C=O) groups is 1. The van der Waals surface area contributed by atoms with Gasteiger partial charge in [-0.05, 0) is 42.7 Å². The van der Waals surface area contributed by atoms with Crippen molar-refractivity contribution in [3.05, 3.63) is 65.0 Å². The number of carbonyl (C=O) groups excluding carboxylic acids is 1. The van der Waals surface area contributed by atoms with Crippen molar-refractivity contribution in [1.82, 2.24) is 0 Å². The van der Waals surface area contributed by atoms with Gasteiger partial charge in [0.25, 0.3) is 0 Å². The van der Waals surface area contributed by atoms with Gasteiger partial charge in [0.15, 0.2) is 0 Å². The van der Waals surface area contributed by atoms with Gasteiger partial charge in [0.2, 0.25) is 5.91 Å². The molecule has 3 rings (SSSR count). The average Bonchev–Trinajstić information content (AvgIpc) is 2.69. The molecule has 1 heterocycles. The van der Waals surface area contributed by atoms with Crippen molar-refractivity contribution in [2.24, 2.45) is 0 Å². The average molecular weight is 255 g/mol. The zero-order valence-corrected chi connectivity index (χ0v) is 10.6. The summed E-state index contributed by atoms with van der Waals surface area (Å²) in [5.41, 5.74) is 3.75. The molecule has 3 heteroatoms. The molecule has 1 amide bonds. The molecule has 1 aliphatic rings. The normalized spacial score (nSPS) is 17.2. The minimum absolute atomic E-state index is 0.0545. The Morgan fingerprint density at radius 3 is 2.63 bits per heavy atom. The lowest BCUT2D eigenvalue weighted by Crippen LogP contribution is -2.14. The maximum Gasteiger partial charge on any atom is 0.232 e. The lowest BCUT2D eigenvalue weighted by atomic mass is 9.93. The number of hydrogen-bond donors (Lipinski definition) is 1. The molecule has 2 aromatic rings. The highest BCUT2D eigenvalue weighted by atomic mass is 19.1.